The number of aromatic nitrogens is 1. The summed E-state index contributed by atoms with van der Waals surface area (Å²) in [6.07, 6.45) is 9.01. The van der Waals surface area contributed by atoms with Crippen LogP contribution in [0.5, 0.6) is 0 Å². The van der Waals surface area contributed by atoms with Crippen molar-refractivity contribution in [3.63, 3.8) is 0 Å². The number of halogens is 1. The van der Waals surface area contributed by atoms with Crippen LogP contribution in [-0.4, -0.2) is 46.6 Å². The molecule has 1 fully saturated rings. The Morgan fingerprint density at radius 1 is 1.42 bits per heavy atom. The molecule has 0 saturated carbocycles. The molecule has 4 rings (SSSR count). The molecule has 0 bridgehead atoms. The van der Waals surface area contributed by atoms with Crippen molar-refractivity contribution in [2.75, 3.05) is 19.6 Å². The highest BCUT2D eigenvalue weighted by Gasteiger charge is 2.34. The quantitative estimate of drug-likeness (QED) is 0.692. The summed E-state index contributed by atoms with van der Waals surface area (Å²) in [6.45, 7) is 2.13. The van der Waals surface area contributed by atoms with E-state index >= 15 is 0 Å². The number of hydrogen-bond acceptors (Lipinski definition) is 6. The van der Waals surface area contributed by atoms with Gasteiger partial charge >= 0.3 is 0 Å². The Balaban J connectivity index is 1.64. The number of nitrogens with two attached hydrogens (primary N) is 1. The maximum absolute atomic E-state index is 12.6. The minimum absolute atomic E-state index is 0.117. The molecule has 4 heterocycles. The maximum atomic E-state index is 12.6. The average Bonchev–Trinajstić information content (AvgIpc) is 3.05. The van der Waals surface area contributed by atoms with Gasteiger partial charge < -0.3 is 16.4 Å². The summed E-state index contributed by atoms with van der Waals surface area (Å²) in [5.41, 5.74) is 9.27. The second-order valence-corrected chi connectivity index (χ2v) is 6.96. The Morgan fingerprint density at radius 2 is 2.31 bits per heavy atom. The van der Waals surface area contributed by atoms with Crippen molar-refractivity contribution in [1.82, 2.24) is 25.6 Å². The van der Waals surface area contributed by atoms with Crippen molar-refractivity contribution in [3.8, 4) is 0 Å². The van der Waals surface area contributed by atoms with Crippen LogP contribution in [0, 0.1) is 0 Å². The van der Waals surface area contributed by atoms with E-state index in [1.165, 1.54) is 0 Å². The van der Waals surface area contributed by atoms with Gasteiger partial charge in [-0.25, -0.2) is 5.01 Å². The molecule has 7 nitrogen and oxygen atoms in total. The first-order chi connectivity index (χ1) is 12.6. The largest absolute Gasteiger partial charge is 0.378 e. The van der Waals surface area contributed by atoms with E-state index in [9.17, 15) is 4.79 Å². The van der Waals surface area contributed by atoms with E-state index in [-0.39, 0.29) is 11.9 Å². The molecule has 136 valence electrons. The predicted octanol–water partition coefficient (Wildman–Crippen LogP) is 1.24. The van der Waals surface area contributed by atoms with Gasteiger partial charge in [0, 0.05) is 31.5 Å². The standard InChI is InChI=1S/C18H21ClN6O/c19-16-6-5-14-17(25(16)24-8-2-4-13(20)11-24)15(10-22-14)23-18(26)12-3-1-7-21-9-12/h1,3,5-7,9,13,22H,2,4,8,10-11,20H2,(H,23,26). The zero-order valence-electron chi connectivity index (χ0n) is 14.3. The van der Waals surface area contributed by atoms with Crippen LogP contribution in [-0.2, 0) is 0 Å². The first-order valence-corrected chi connectivity index (χ1v) is 9.08. The van der Waals surface area contributed by atoms with E-state index in [2.05, 4.69) is 20.6 Å². The van der Waals surface area contributed by atoms with Gasteiger partial charge in [-0.1, -0.05) is 11.6 Å². The molecule has 1 atom stereocenters. The number of carbonyl (C=O) groups is 1. The lowest BCUT2D eigenvalue weighted by Crippen LogP contribution is -2.51. The van der Waals surface area contributed by atoms with Crippen molar-refractivity contribution in [1.29, 1.82) is 0 Å². The predicted molar refractivity (Wildman–Crippen MR) is 99.4 cm³/mol. The van der Waals surface area contributed by atoms with E-state index in [1.807, 2.05) is 17.2 Å². The molecule has 1 unspecified atom stereocenters. The Kier molecular flexibility index (Phi) is 4.67. The average molecular weight is 373 g/mol. The highest BCUT2D eigenvalue weighted by atomic mass is 35.5. The van der Waals surface area contributed by atoms with Gasteiger partial charge in [-0.05, 0) is 37.1 Å². The minimum Gasteiger partial charge on any atom is -0.378 e. The number of nitrogens with one attached hydrogen (secondary N) is 2. The molecule has 3 aliphatic heterocycles. The number of hydrogen-bond donors (Lipinski definition) is 3. The SMILES string of the molecule is NC1CCCN(N2C(Cl)=CC=C3NCC(NC(=O)c4cccnc4)=C32)C1. The molecule has 0 aliphatic carbocycles. The van der Waals surface area contributed by atoms with Crippen LogP contribution in [0.1, 0.15) is 23.2 Å². The lowest BCUT2D eigenvalue weighted by Gasteiger charge is -2.42. The number of pyridine rings is 1. The molecule has 1 saturated heterocycles. The van der Waals surface area contributed by atoms with Crippen molar-refractivity contribution < 1.29 is 4.79 Å². The number of piperidine rings is 1. The number of hydrazine groups is 1. The second kappa shape index (κ2) is 7.11. The van der Waals surface area contributed by atoms with E-state index < -0.39 is 0 Å². The number of amides is 1. The van der Waals surface area contributed by atoms with Crippen molar-refractivity contribution in [2.45, 2.75) is 18.9 Å². The zero-order chi connectivity index (χ0) is 18.1. The van der Waals surface area contributed by atoms with Crippen LogP contribution >= 0.6 is 11.6 Å². The number of fused-ring (bicyclic) bond motifs is 1. The number of allylic oxidation sites excluding steroid dienone is 2. The van der Waals surface area contributed by atoms with Gasteiger partial charge in [-0.2, -0.15) is 0 Å². The molecule has 26 heavy (non-hydrogen) atoms. The van der Waals surface area contributed by atoms with Gasteiger partial charge in [0.15, 0.2) is 0 Å². The van der Waals surface area contributed by atoms with Gasteiger partial charge in [0.2, 0.25) is 0 Å². The summed E-state index contributed by atoms with van der Waals surface area (Å²) in [5.74, 6) is -0.190. The summed E-state index contributed by atoms with van der Waals surface area (Å²) in [4.78, 5) is 16.6. The van der Waals surface area contributed by atoms with Gasteiger partial charge in [0.05, 0.1) is 23.5 Å². The van der Waals surface area contributed by atoms with Crippen LogP contribution in [0.25, 0.3) is 0 Å². The summed E-state index contributed by atoms with van der Waals surface area (Å²) in [5, 5.41) is 11.0. The summed E-state index contributed by atoms with van der Waals surface area (Å²) in [7, 11) is 0. The summed E-state index contributed by atoms with van der Waals surface area (Å²) < 4.78 is 0. The van der Waals surface area contributed by atoms with Crippen LogP contribution in [0.4, 0.5) is 0 Å². The Bertz CT molecular complexity index is 803. The molecule has 0 radical (unpaired) electrons. The van der Waals surface area contributed by atoms with E-state index in [4.69, 9.17) is 17.3 Å². The molecule has 4 N–H and O–H groups in total. The number of nitrogens with zero attached hydrogens (tertiary/aromatic N) is 3. The molecule has 1 amide bonds. The third kappa shape index (κ3) is 3.21. The third-order valence-corrected chi connectivity index (χ3v) is 4.99. The second-order valence-electron chi connectivity index (χ2n) is 6.57. The van der Waals surface area contributed by atoms with E-state index in [0.29, 0.717) is 17.3 Å². The lowest BCUT2D eigenvalue weighted by atomic mass is 10.1. The van der Waals surface area contributed by atoms with Crippen molar-refractivity contribution >= 4 is 17.5 Å². The van der Waals surface area contributed by atoms with Gasteiger partial charge in [0.1, 0.15) is 10.9 Å². The highest BCUT2D eigenvalue weighted by molar-refractivity contribution is 6.29. The fraction of sp³-hybridized carbons (Fsp3) is 0.333. The van der Waals surface area contributed by atoms with Gasteiger partial charge in [0.25, 0.3) is 5.91 Å². The van der Waals surface area contributed by atoms with E-state index in [0.717, 1.165) is 43.0 Å². The van der Waals surface area contributed by atoms with E-state index in [1.54, 1.807) is 24.5 Å². The number of rotatable bonds is 3. The van der Waals surface area contributed by atoms with Gasteiger partial charge in [-0.15, -0.1) is 0 Å². The highest BCUT2D eigenvalue weighted by Crippen LogP contribution is 2.34. The topological polar surface area (TPSA) is 86.5 Å². The van der Waals surface area contributed by atoms with Crippen LogP contribution in [0.15, 0.2) is 58.9 Å². The molecular formula is C18H21ClN6O. The number of carbonyl (C=O) groups excluding carboxylic acids is 1. The molecule has 3 aliphatic rings. The molecule has 1 aromatic rings. The maximum Gasteiger partial charge on any atom is 0.257 e. The fourth-order valence-corrected chi connectivity index (χ4v) is 3.73. The van der Waals surface area contributed by atoms with Crippen molar-refractivity contribution in [3.05, 3.63) is 64.5 Å². The van der Waals surface area contributed by atoms with Gasteiger partial charge in [-0.3, -0.25) is 14.8 Å². The molecule has 0 spiro atoms. The van der Waals surface area contributed by atoms with Crippen molar-refractivity contribution in [2.24, 2.45) is 5.73 Å². The first-order valence-electron chi connectivity index (χ1n) is 8.70. The van der Waals surface area contributed by atoms with Crippen LogP contribution in [0.3, 0.4) is 0 Å². The van der Waals surface area contributed by atoms with Crippen LogP contribution in [0.2, 0.25) is 0 Å². The molecule has 0 aromatic carbocycles. The minimum atomic E-state index is -0.190. The molecule has 1 aromatic heterocycles. The summed E-state index contributed by atoms with van der Waals surface area (Å²) >= 11 is 6.52. The molecule has 8 heteroatoms. The normalized spacial score (nSPS) is 23.2. The lowest BCUT2D eigenvalue weighted by molar-refractivity contribution is 0.0225. The smallest absolute Gasteiger partial charge is 0.257 e. The molecular weight excluding hydrogens is 352 g/mol. The summed E-state index contributed by atoms with van der Waals surface area (Å²) in [6, 6.07) is 3.60. The Labute approximate surface area is 157 Å². The fourth-order valence-electron chi connectivity index (χ4n) is 3.48. The third-order valence-electron chi connectivity index (χ3n) is 4.71. The Morgan fingerprint density at radius 3 is 3.08 bits per heavy atom. The Hall–Kier alpha value is -2.35. The monoisotopic (exact) mass is 372 g/mol. The van der Waals surface area contributed by atoms with Crippen LogP contribution < -0.4 is 16.4 Å². The zero-order valence-corrected chi connectivity index (χ0v) is 15.0. The first kappa shape index (κ1) is 17.1.